The molecule has 0 bridgehead atoms. The highest BCUT2D eigenvalue weighted by atomic mass is 16.3. The summed E-state index contributed by atoms with van der Waals surface area (Å²) in [6.07, 6.45) is 6.26. The zero-order valence-electron chi connectivity index (χ0n) is 29.9. The van der Waals surface area contributed by atoms with Gasteiger partial charge in [-0.2, -0.15) is 10.5 Å². The van der Waals surface area contributed by atoms with Gasteiger partial charge in [-0.25, -0.2) is 0 Å². The minimum absolute atomic E-state index is 0.564. The van der Waals surface area contributed by atoms with Gasteiger partial charge >= 0.3 is 0 Å². The van der Waals surface area contributed by atoms with Crippen molar-refractivity contribution in [2.75, 3.05) is 0 Å². The molecule has 7 aromatic carbocycles. The van der Waals surface area contributed by atoms with Crippen molar-refractivity contribution in [2.24, 2.45) is 0 Å². The lowest BCUT2D eigenvalue weighted by Gasteiger charge is -2.16. The van der Waals surface area contributed by atoms with Crippen LogP contribution in [0.15, 0.2) is 148 Å². The molecule has 0 saturated heterocycles. The second kappa shape index (κ2) is 11.4. The van der Waals surface area contributed by atoms with E-state index in [-0.39, 0.29) is 0 Å². The van der Waals surface area contributed by atoms with E-state index in [2.05, 4.69) is 100 Å². The van der Waals surface area contributed by atoms with Gasteiger partial charge in [0.15, 0.2) is 0 Å². The van der Waals surface area contributed by atoms with Crippen LogP contribution in [-0.2, 0) is 6.42 Å². The zero-order chi connectivity index (χ0) is 37.1. The molecule has 0 N–H and O–H groups in total. The second-order valence-electron chi connectivity index (χ2n) is 14.5. The van der Waals surface area contributed by atoms with Gasteiger partial charge < -0.3 is 18.0 Å². The number of aryl methyl sites for hydroxylation is 1. The third kappa shape index (κ3) is 4.07. The van der Waals surface area contributed by atoms with Gasteiger partial charge in [0.05, 0.1) is 39.1 Å². The Bertz CT molecular complexity index is 3630. The van der Waals surface area contributed by atoms with E-state index in [4.69, 9.17) is 8.83 Å². The second-order valence-corrected chi connectivity index (χ2v) is 14.5. The summed E-state index contributed by atoms with van der Waals surface area (Å²) in [6.45, 7) is 0. The van der Waals surface area contributed by atoms with Crippen LogP contribution in [0.25, 0.3) is 105 Å². The maximum Gasteiger partial charge on any atom is 0.136 e. The Balaban J connectivity index is 1.10. The molecule has 0 aliphatic heterocycles. The molecule has 0 saturated carbocycles. The van der Waals surface area contributed by atoms with Crippen LogP contribution in [0.5, 0.6) is 0 Å². The van der Waals surface area contributed by atoms with Gasteiger partial charge in [-0.15, -0.1) is 0 Å². The van der Waals surface area contributed by atoms with Gasteiger partial charge in [0.25, 0.3) is 0 Å². The summed E-state index contributed by atoms with van der Waals surface area (Å²) in [5, 5.41) is 28.8. The van der Waals surface area contributed by atoms with Crippen molar-refractivity contribution in [1.82, 2.24) is 9.13 Å². The third-order valence-electron chi connectivity index (χ3n) is 11.7. The minimum Gasteiger partial charge on any atom is -0.456 e. The van der Waals surface area contributed by atoms with E-state index < -0.39 is 0 Å². The average Bonchev–Trinajstić information content (AvgIpc) is 4.00. The quantitative estimate of drug-likeness (QED) is 0.182. The van der Waals surface area contributed by atoms with Crippen molar-refractivity contribution in [3.8, 4) is 34.6 Å². The molecule has 1 aliphatic rings. The number of hydrogen-bond donors (Lipinski definition) is 0. The predicted octanol–water partition coefficient (Wildman–Crippen LogP) is 12.9. The first-order valence-corrected chi connectivity index (χ1v) is 18.8. The van der Waals surface area contributed by atoms with Crippen molar-refractivity contribution in [3.05, 3.63) is 162 Å². The summed E-state index contributed by atoms with van der Waals surface area (Å²) in [6, 6.07) is 50.1. The zero-order valence-corrected chi connectivity index (χ0v) is 29.9. The number of nitrogens with zero attached hydrogens (tertiary/aromatic N) is 4. The fourth-order valence-electron chi connectivity index (χ4n) is 9.32. The lowest BCUT2D eigenvalue weighted by Crippen LogP contribution is -2.03. The van der Waals surface area contributed by atoms with Gasteiger partial charge in [0.1, 0.15) is 34.5 Å². The third-order valence-corrected chi connectivity index (χ3v) is 11.7. The molecule has 0 fully saturated rings. The van der Waals surface area contributed by atoms with Crippen molar-refractivity contribution in [2.45, 2.75) is 12.8 Å². The van der Waals surface area contributed by atoms with Crippen molar-refractivity contribution in [3.63, 3.8) is 0 Å². The molecular formula is C50H28N4O2. The van der Waals surface area contributed by atoms with Crippen LogP contribution >= 0.6 is 0 Å². The molecule has 0 amide bonds. The van der Waals surface area contributed by atoms with Gasteiger partial charge in [0, 0.05) is 43.4 Å². The number of para-hydroxylation sites is 3. The smallest absolute Gasteiger partial charge is 0.136 e. The Kier molecular flexibility index (Phi) is 6.21. The number of aromatic nitrogens is 2. The molecule has 1 aliphatic carbocycles. The van der Waals surface area contributed by atoms with Crippen molar-refractivity contribution < 1.29 is 8.83 Å². The molecule has 4 aromatic heterocycles. The highest BCUT2D eigenvalue weighted by Gasteiger charge is 2.25. The van der Waals surface area contributed by atoms with E-state index in [1.807, 2.05) is 66.7 Å². The first-order chi connectivity index (χ1) is 27.7. The average molecular weight is 717 g/mol. The largest absolute Gasteiger partial charge is 0.456 e. The summed E-state index contributed by atoms with van der Waals surface area (Å²) >= 11 is 0. The van der Waals surface area contributed by atoms with E-state index in [1.54, 1.807) is 0 Å². The molecule has 12 rings (SSSR count). The van der Waals surface area contributed by atoms with Crippen LogP contribution < -0.4 is 0 Å². The summed E-state index contributed by atoms with van der Waals surface area (Å²) in [5.41, 5.74) is 13.4. The maximum absolute atomic E-state index is 10.6. The number of benzene rings is 7. The highest BCUT2D eigenvalue weighted by molar-refractivity contribution is 6.27. The van der Waals surface area contributed by atoms with Crippen LogP contribution in [0.4, 0.5) is 0 Å². The van der Waals surface area contributed by atoms with Gasteiger partial charge in [-0.05, 0) is 102 Å². The van der Waals surface area contributed by atoms with Crippen LogP contribution in [0, 0.1) is 22.7 Å². The Morgan fingerprint density at radius 3 is 1.68 bits per heavy atom. The number of hydrogen-bond acceptors (Lipinski definition) is 4. The number of fused-ring (bicyclic) bond motifs is 14. The molecule has 4 heterocycles. The minimum atomic E-state index is 0.564. The molecule has 0 radical (unpaired) electrons. The summed E-state index contributed by atoms with van der Waals surface area (Å²) in [4.78, 5) is 0. The molecule has 260 valence electrons. The maximum atomic E-state index is 10.6. The Hall–Kier alpha value is -7.80. The van der Waals surface area contributed by atoms with Crippen LogP contribution in [-0.4, -0.2) is 9.13 Å². The molecule has 6 nitrogen and oxygen atoms in total. The van der Waals surface area contributed by atoms with Crippen LogP contribution in [0.2, 0.25) is 0 Å². The van der Waals surface area contributed by atoms with E-state index >= 15 is 0 Å². The molecule has 0 spiro atoms. The topological polar surface area (TPSA) is 83.7 Å². The molecular weight excluding hydrogens is 689 g/mol. The van der Waals surface area contributed by atoms with Gasteiger partial charge in [0.2, 0.25) is 0 Å². The van der Waals surface area contributed by atoms with Crippen molar-refractivity contribution in [1.29, 1.82) is 10.5 Å². The lowest BCUT2D eigenvalue weighted by atomic mass is 9.97. The first-order valence-electron chi connectivity index (χ1n) is 18.8. The molecule has 56 heavy (non-hydrogen) atoms. The Labute approximate surface area is 319 Å². The lowest BCUT2D eigenvalue weighted by molar-refractivity contribution is 0.669. The highest BCUT2D eigenvalue weighted by Crippen LogP contribution is 2.44. The number of allylic oxidation sites excluding steroid dienone is 1. The number of furan rings is 2. The normalized spacial score (nSPS) is 12.8. The van der Waals surface area contributed by atoms with Crippen LogP contribution in [0.3, 0.4) is 0 Å². The SMILES string of the molecule is N#Cc1ccc(-c2ccc(C#N)c(-n3c4ccccc4c4c5c(ccc43)oc3ccccc35)c2)cc1-n1c2c(c3c4c(ccc31)oc1ccccc14)CCC=C2. The predicted molar refractivity (Wildman–Crippen MR) is 224 cm³/mol. The number of nitriles is 2. The fraction of sp³-hybridized carbons (Fsp3) is 0.0400. The van der Waals surface area contributed by atoms with E-state index in [9.17, 15) is 10.5 Å². The molecule has 0 unspecified atom stereocenters. The molecule has 0 atom stereocenters. The van der Waals surface area contributed by atoms with E-state index in [0.717, 1.165) is 112 Å². The summed E-state index contributed by atoms with van der Waals surface area (Å²) < 4.78 is 17.1. The van der Waals surface area contributed by atoms with Gasteiger partial charge in [-0.1, -0.05) is 72.8 Å². The Morgan fingerprint density at radius 2 is 1.04 bits per heavy atom. The van der Waals surface area contributed by atoms with E-state index in [0.29, 0.717) is 11.1 Å². The molecule has 11 aromatic rings. The monoisotopic (exact) mass is 716 g/mol. The van der Waals surface area contributed by atoms with E-state index in [1.165, 1.54) is 10.9 Å². The first kappa shape index (κ1) is 30.6. The molecule has 6 heteroatoms. The van der Waals surface area contributed by atoms with Crippen LogP contribution in [0.1, 0.15) is 28.8 Å². The fourth-order valence-corrected chi connectivity index (χ4v) is 9.32. The standard InChI is InChI=1S/C50H28N4O2/c51-27-31-19-17-29(25-41(31)53-37-13-5-1-9-33(37)47-39(53)21-23-45-49(47)35-11-3-7-15-43(35)55-45)30-18-20-32(28-52)42(26-30)54-38-14-6-2-10-34(38)48-40(54)22-24-46-50(48)36-12-4-8-16-44(36)56-46/h1,3-9,11-26H,2,10H2. The van der Waals surface area contributed by atoms with Gasteiger partial charge in [-0.3, -0.25) is 0 Å². The summed E-state index contributed by atoms with van der Waals surface area (Å²) in [7, 11) is 0. The van der Waals surface area contributed by atoms with Crippen molar-refractivity contribution >= 4 is 82.7 Å². The Morgan fingerprint density at radius 1 is 0.482 bits per heavy atom. The number of rotatable bonds is 3. The summed E-state index contributed by atoms with van der Waals surface area (Å²) in [5.74, 6) is 0.